The molecule has 2 aliphatic rings. The predicted molar refractivity (Wildman–Crippen MR) is 91.7 cm³/mol. The van der Waals surface area contributed by atoms with E-state index in [1.54, 1.807) is 0 Å². The second kappa shape index (κ2) is 8.07. The minimum atomic E-state index is 0.772. The number of hydrogen-bond donors (Lipinski definition) is 0. The summed E-state index contributed by atoms with van der Waals surface area (Å²) in [6.07, 6.45) is 12.4. The normalized spacial score (nSPS) is 23.6. The molecule has 22 heavy (non-hydrogen) atoms. The van der Waals surface area contributed by atoms with Gasteiger partial charge in [-0.15, -0.1) is 0 Å². The Balaban J connectivity index is 1.62. The SMILES string of the molecule is CCN1CCCC1CN(Cc1ccncc1)CC1CCCC1. The summed E-state index contributed by atoms with van der Waals surface area (Å²) in [4.78, 5) is 9.56. The van der Waals surface area contributed by atoms with Crippen LogP contribution in [0.25, 0.3) is 0 Å². The Labute approximate surface area is 135 Å². The van der Waals surface area contributed by atoms with Gasteiger partial charge in [-0.25, -0.2) is 0 Å². The molecule has 0 aromatic carbocycles. The lowest BCUT2D eigenvalue weighted by Crippen LogP contribution is -2.41. The van der Waals surface area contributed by atoms with Gasteiger partial charge in [-0.2, -0.15) is 0 Å². The van der Waals surface area contributed by atoms with Gasteiger partial charge in [0, 0.05) is 38.1 Å². The Bertz CT molecular complexity index is 428. The monoisotopic (exact) mass is 301 g/mol. The zero-order chi connectivity index (χ0) is 15.2. The number of likely N-dealkylation sites (N-methyl/N-ethyl adjacent to an activating group) is 1. The third-order valence-corrected chi connectivity index (χ3v) is 5.52. The predicted octanol–water partition coefficient (Wildman–Crippen LogP) is 3.56. The van der Waals surface area contributed by atoms with Crippen molar-refractivity contribution >= 4 is 0 Å². The molecule has 1 saturated heterocycles. The van der Waals surface area contributed by atoms with E-state index in [1.165, 1.54) is 70.3 Å². The molecule has 0 spiro atoms. The highest BCUT2D eigenvalue weighted by Gasteiger charge is 2.27. The Morgan fingerprint density at radius 3 is 2.59 bits per heavy atom. The van der Waals surface area contributed by atoms with Crippen molar-refractivity contribution in [1.29, 1.82) is 0 Å². The molecule has 0 radical (unpaired) electrons. The average molecular weight is 301 g/mol. The lowest BCUT2D eigenvalue weighted by molar-refractivity contribution is 0.154. The van der Waals surface area contributed by atoms with E-state index >= 15 is 0 Å². The molecule has 1 unspecified atom stereocenters. The van der Waals surface area contributed by atoms with Gasteiger partial charge in [-0.1, -0.05) is 19.8 Å². The van der Waals surface area contributed by atoms with Crippen LogP contribution in [0.15, 0.2) is 24.5 Å². The van der Waals surface area contributed by atoms with E-state index in [9.17, 15) is 0 Å². The second-order valence-electron chi connectivity index (χ2n) is 7.12. The summed E-state index contributed by atoms with van der Waals surface area (Å²) in [5.41, 5.74) is 1.41. The molecule has 2 heterocycles. The van der Waals surface area contributed by atoms with E-state index in [-0.39, 0.29) is 0 Å². The molecule has 1 atom stereocenters. The van der Waals surface area contributed by atoms with E-state index in [2.05, 4.69) is 33.8 Å². The number of likely N-dealkylation sites (tertiary alicyclic amines) is 1. The molecule has 1 saturated carbocycles. The fourth-order valence-corrected chi connectivity index (χ4v) is 4.32. The minimum absolute atomic E-state index is 0.772. The Hall–Kier alpha value is -0.930. The van der Waals surface area contributed by atoms with Gasteiger partial charge in [-0.05, 0) is 62.4 Å². The third kappa shape index (κ3) is 4.30. The highest BCUT2D eigenvalue weighted by atomic mass is 15.2. The molecule has 1 aliphatic heterocycles. The van der Waals surface area contributed by atoms with Crippen molar-refractivity contribution < 1.29 is 0 Å². The van der Waals surface area contributed by atoms with E-state index < -0.39 is 0 Å². The molecule has 1 aliphatic carbocycles. The Morgan fingerprint density at radius 2 is 1.86 bits per heavy atom. The van der Waals surface area contributed by atoms with Gasteiger partial charge in [0.05, 0.1) is 0 Å². The van der Waals surface area contributed by atoms with Crippen LogP contribution in [-0.2, 0) is 6.54 Å². The molecule has 3 nitrogen and oxygen atoms in total. The first kappa shape index (κ1) is 15.9. The molecule has 3 rings (SSSR count). The number of nitrogens with zero attached hydrogens (tertiary/aromatic N) is 3. The van der Waals surface area contributed by atoms with Gasteiger partial charge in [0.25, 0.3) is 0 Å². The molecule has 0 N–H and O–H groups in total. The quantitative estimate of drug-likeness (QED) is 0.767. The van der Waals surface area contributed by atoms with Crippen molar-refractivity contribution in [1.82, 2.24) is 14.8 Å². The van der Waals surface area contributed by atoms with E-state index in [0.29, 0.717) is 0 Å². The molecule has 1 aromatic rings. The summed E-state index contributed by atoms with van der Waals surface area (Å²) < 4.78 is 0. The van der Waals surface area contributed by atoms with Crippen molar-refractivity contribution in [2.45, 2.75) is 58.0 Å². The van der Waals surface area contributed by atoms with Gasteiger partial charge in [0.2, 0.25) is 0 Å². The summed E-state index contributed by atoms with van der Waals surface area (Å²) in [5, 5.41) is 0. The van der Waals surface area contributed by atoms with Crippen LogP contribution in [0.5, 0.6) is 0 Å². The number of rotatable bonds is 7. The summed E-state index contributed by atoms with van der Waals surface area (Å²) in [6.45, 7) is 8.43. The van der Waals surface area contributed by atoms with Crippen LogP contribution in [0, 0.1) is 5.92 Å². The average Bonchev–Trinajstić information content (AvgIpc) is 3.20. The first-order chi connectivity index (χ1) is 10.8. The Kier molecular flexibility index (Phi) is 5.85. The van der Waals surface area contributed by atoms with Gasteiger partial charge < -0.3 is 0 Å². The lowest BCUT2D eigenvalue weighted by atomic mass is 10.1. The van der Waals surface area contributed by atoms with Gasteiger partial charge in [0.1, 0.15) is 0 Å². The van der Waals surface area contributed by atoms with Crippen LogP contribution in [0.1, 0.15) is 51.0 Å². The summed E-state index contributed by atoms with van der Waals surface area (Å²) >= 11 is 0. The standard InChI is InChI=1S/C19H31N3/c1-2-22-13-5-8-19(22)16-21(14-17-6-3-4-7-17)15-18-9-11-20-12-10-18/h9-12,17,19H,2-8,13-16H2,1H3. The van der Waals surface area contributed by atoms with Crippen LogP contribution in [0.4, 0.5) is 0 Å². The summed E-state index contributed by atoms with van der Waals surface area (Å²) in [6, 6.07) is 5.12. The van der Waals surface area contributed by atoms with Crippen molar-refractivity contribution in [3.8, 4) is 0 Å². The van der Waals surface area contributed by atoms with Gasteiger partial charge in [0.15, 0.2) is 0 Å². The van der Waals surface area contributed by atoms with E-state index in [4.69, 9.17) is 0 Å². The molecule has 122 valence electrons. The zero-order valence-corrected chi connectivity index (χ0v) is 14.1. The molecule has 1 aromatic heterocycles. The number of pyridine rings is 1. The lowest BCUT2D eigenvalue weighted by Gasteiger charge is -2.32. The van der Waals surface area contributed by atoms with Gasteiger partial charge in [-0.3, -0.25) is 14.8 Å². The molecule has 2 fully saturated rings. The molecule has 0 bridgehead atoms. The number of aromatic nitrogens is 1. The first-order valence-corrected chi connectivity index (χ1v) is 9.20. The van der Waals surface area contributed by atoms with Crippen molar-refractivity contribution in [3.05, 3.63) is 30.1 Å². The van der Waals surface area contributed by atoms with Crippen molar-refractivity contribution in [2.24, 2.45) is 5.92 Å². The fraction of sp³-hybridized carbons (Fsp3) is 0.737. The van der Waals surface area contributed by atoms with Crippen LogP contribution in [-0.4, -0.2) is 47.0 Å². The van der Waals surface area contributed by atoms with E-state index in [0.717, 1.165) is 18.5 Å². The maximum Gasteiger partial charge on any atom is 0.0271 e. The summed E-state index contributed by atoms with van der Waals surface area (Å²) in [7, 11) is 0. The number of hydrogen-bond acceptors (Lipinski definition) is 3. The van der Waals surface area contributed by atoms with E-state index in [1.807, 2.05) is 12.4 Å². The second-order valence-corrected chi connectivity index (χ2v) is 7.12. The largest absolute Gasteiger partial charge is 0.299 e. The molecule has 3 heteroatoms. The van der Waals surface area contributed by atoms with Crippen molar-refractivity contribution in [2.75, 3.05) is 26.2 Å². The topological polar surface area (TPSA) is 19.4 Å². The first-order valence-electron chi connectivity index (χ1n) is 9.20. The Morgan fingerprint density at radius 1 is 1.09 bits per heavy atom. The maximum atomic E-state index is 4.16. The molecular formula is C19H31N3. The maximum absolute atomic E-state index is 4.16. The van der Waals surface area contributed by atoms with Crippen LogP contribution < -0.4 is 0 Å². The highest BCUT2D eigenvalue weighted by Crippen LogP contribution is 2.27. The fourth-order valence-electron chi connectivity index (χ4n) is 4.32. The third-order valence-electron chi connectivity index (χ3n) is 5.52. The molecular weight excluding hydrogens is 270 g/mol. The summed E-state index contributed by atoms with van der Waals surface area (Å²) in [5.74, 6) is 0.929. The van der Waals surface area contributed by atoms with Crippen LogP contribution in [0.2, 0.25) is 0 Å². The smallest absolute Gasteiger partial charge is 0.0271 e. The zero-order valence-electron chi connectivity index (χ0n) is 14.1. The van der Waals surface area contributed by atoms with Gasteiger partial charge >= 0.3 is 0 Å². The minimum Gasteiger partial charge on any atom is -0.299 e. The highest BCUT2D eigenvalue weighted by molar-refractivity contribution is 5.09. The van der Waals surface area contributed by atoms with Crippen LogP contribution in [0.3, 0.4) is 0 Å². The molecule has 0 amide bonds. The van der Waals surface area contributed by atoms with Crippen molar-refractivity contribution in [3.63, 3.8) is 0 Å². The van der Waals surface area contributed by atoms with Crippen LogP contribution >= 0.6 is 0 Å².